The first kappa shape index (κ1) is 11.2. The van der Waals surface area contributed by atoms with E-state index in [-0.39, 0.29) is 24.0 Å². The lowest BCUT2D eigenvalue weighted by atomic mass is 10.3. The Morgan fingerprint density at radius 3 is 2.73 bits per heavy atom. The van der Waals surface area contributed by atoms with E-state index in [1.165, 1.54) is 6.20 Å². The van der Waals surface area contributed by atoms with Crippen LogP contribution in [0.25, 0.3) is 0 Å². The maximum atomic E-state index is 11.3. The van der Waals surface area contributed by atoms with Crippen LogP contribution in [0.2, 0.25) is 0 Å². The highest BCUT2D eigenvalue weighted by molar-refractivity contribution is 5.93. The van der Waals surface area contributed by atoms with E-state index < -0.39 is 5.97 Å². The molecule has 0 atom stereocenters. The molecule has 82 valence electrons. The molecule has 6 heteroatoms. The third-order valence-electron chi connectivity index (χ3n) is 1.56. The van der Waals surface area contributed by atoms with Crippen molar-refractivity contribution < 1.29 is 14.3 Å². The Morgan fingerprint density at radius 1 is 1.47 bits per heavy atom. The van der Waals surface area contributed by atoms with Gasteiger partial charge in [-0.1, -0.05) is 0 Å². The zero-order valence-electron chi connectivity index (χ0n) is 8.69. The molecule has 1 rings (SSSR count). The highest BCUT2D eigenvalue weighted by atomic mass is 16.5. The first-order chi connectivity index (χ1) is 7.19. The van der Waals surface area contributed by atoms with Crippen LogP contribution in [0.4, 0.5) is 5.82 Å². The van der Waals surface area contributed by atoms with Crippen molar-refractivity contribution in [3.63, 3.8) is 0 Å². The highest BCUT2D eigenvalue weighted by Gasteiger charge is 2.13. The maximum absolute atomic E-state index is 11.3. The summed E-state index contributed by atoms with van der Waals surface area (Å²) >= 11 is 0. The van der Waals surface area contributed by atoms with Crippen molar-refractivity contribution in [2.24, 2.45) is 0 Å². The zero-order valence-corrected chi connectivity index (χ0v) is 8.69. The molecule has 0 fully saturated rings. The second-order valence-corrected chi connectivity index (χ2v) is 2.60. The lowest BCUT2D eigenvalue weighted by Crippen LogP contribution is -2.11. The number of hydrogen-bond acceptors (Lipinski definition) is 6. The predicted octanol–water partition coefficient (Wildman–Crippen LogP) is 0.634. The van der Waals surface area contributed by atoms with Crippen LogP contribution in [0.1, 0.15) is 24.2 Å². The molecule has 0 aliphatic rings. The standard InChI is InChI=1S/C9H13N3O3/c1-3-14-8(13)6-5-11-9(15-4-2)12-7(6)10/h5H,3-4H2,1-2H3,(H2,10,11,12). The third-order valence-corrected chi connectivity index (χ3v) is 1.56. The number of rotatable bonds is 4. The summed E-state index contributed by atoms with van der Waals surface area (Å²) in [5.41, 5.74) is 5.70. The summed E-state index contributed by atoms with van der Waals surface area (Å²) in [5.74, 6) is -0.468. The zero-order chi connectivity index (χ0) is 11.3. The minimum absolute atomic E-state index is 0.0619. The number of hydrogen-bond donors (Lipinski definition) is 1. The van der Waals surface area contributed by atoms with E-state index in [0.717, 1.165) is 0 Å². The van der Waals surface area contributed by atoms with E-state index in [2.05, 4.69) is 9.97 Å². The van der Waals surface area contributed by atoms with Gasteiger partial charge in [0.1, 0.15) is 11.4 Å². The molecule has 0 amide bonds. The van der Waals surface area contributed by atoms with Gasteiger partial charge >= 0.3 is 12.0 Å². The Hall–Kier alpha value is -1.85. The molecule has 0 saturated heterocycles. The lowest BCUT2D eigenvalue weighted by Gasteiger charge is -2.05. The SMILES string of the molecule is CCOC(=O)c1cnc(OCC)nc1N. The van der Waals surface area contributed by atoms with E-state index in [0.29, 0.717) is 6.61 Å². The van der Waals surface area contributed by atoms with Crippen molar-refractivity contribution in [2.75, 3.05) is 18.9 Å². The third kappa shape index (κ3) is 2.80. The van der Waals surface area contributed by atoms with Gasteiger partial charge in [0, 0.05) is 0 Å². The molecule has 15 heavy (non-hydrogen) atoms. The molecule has 0 spiro atoms. The first-order valence-corrected chi connectivity index (χ1v) is 4.61. The van der Waals surface area contributed by atoms with Gasteiger partial charge in [-0.3, -0.25) is 0 Å². The number of ether oxygens (including phenoxy) is 2. The number of aromatic nitrogens is 2. The monoisotopic (exact) mass is 211 g/mol. The fourth-order valence-corrected chi connectivity index (χ4v) is 0.943. The smallest absolute Gasteiger partial charge is 0.343 e. The molecule has 1 aromatic heterocycles. The quantitative estimate of drug-likeness (QED) is 0.735. The lowest BCUT2D eigenvalue weighted by molar-refractivity contribution is 0.0526. The Bertz CT molecular complexity index is 354. The Labute approximate surface area is 87.4 Å². The van der Waals surface area contributed by atoms with Gasteiger partial charge in [-0.05, 0) is 13.8 Å². The molecule has 0 aromatic carbocycles. The molecule has 0 bridgehead atoms. The summed E-state index contributed by atoms with van der Waals surface area (Å²) in [4.78, 5) is 18.9. The number of anilines is 1. The van der Waals surface area contributed by atoms with Crippen LogP contribution in [-0.4, -0.2) is 29.2 Å². The minimum Gasteiger partial charge on any atom is -0.464 e. The van der Waals surface area contributed by atoms with E-state index in [1.807, 2.05) is 0 Å². The average molecular weight is 211 g/mol. The average Bonchev–Trinajstić information content (AvgIpc) is 2.18. The van der Waals surface area contributed by atoms with E-state index in [9.17, 15) is 4.79 Å². The largest absolute Gasteiger partial charge is 0.464 e. The van der Waals surface area contributed by atoms with E-state index in [1.54, 1.807) is 13.8 Å². The van der Waals surface area contributed by atoms with Crippen LogP contribution < -0.4 is 10.5 Å². The topological polar surface area (TPSA) is 87.3 Å². The second kappa shape index (κ2) is 5.14. The van der Waals surface area contributed by atoms with Gasteiger partial charge in [0.25, 0.3) is 0 Å². The number of nitrogens with two attached hydrogens (primary N) is 1. The molecular formula is C9H13N3O3. The summed E-state index contributed by atoms with van der Waals surface area (Å²) < 4.78 is 9.80. The van der Waals surface area contributed by atoms with Crippen molar-refractivity contribution >= 4 is 11.8 Å². The molecule has 0 aliphatic carbocycles. The predicted molar refractivity (Wildman–Crippen MR) is 53.6 cm³/mol. The van der Waals surface area contributed by atoms with Crippen molar-refractivity contribution in [2.45, 2.75) is 13.8 Å². The molecule has 1 aromatic rings. The van der Waals surface area contributed by atoms with Gasteiger partial charge in [0.2, 0.25) is 0 Å². The number of nitrogen functional groups attached to an aromatic ring is 1. The van der Waals surface area contributed by atoms with Gasteiger partial charge in [0.05, 0.1) is 19.4 Å². The van der Waals surface area contributed by atoms with Crippen LogP contribution in [0.15, 0.2) is 6.20 Å². The number of nitrogens with zero attached hydrogens (tertiary/aromatic N) is 2. The van der Waals surface area contributed by atoms with Gasteiger partial charge in [-0.2, -0.15) is 4.98 Å². The normalized spacial score (nSPS) is 9.73. The van der Waals surface area contributed by atoms with Crippen LogP contribution in [-0.2, 0) is 4.74 Å². The van der Waals surface area contributed by atoms with Gasteiger partial charge in [-0.15, -0.1) is 0 Å². The summed E-state index contributed by atoms with van der Waals surface area (Å²) in [6.07, 6.45) is 1.30. The summed E-state index contributed by atoms with van der Waals surface area (Å²) in [6.45, 7) is 4.24. The second-order valence-electron chi connectivity index (χ2n) is 2.60. The molecule has 0 saturated carbocycles. The van der Waals surface area contributed by atoms with Crippen molar-refractivity contribution in [1.29, 1.82) is 0 Å². The fourth-order valence-electron chi connectivity index (χ4n) is 0.943. The summed E-state index contributed by atoms with van der Waals surface area (Å²) in [6, 6.07) is 0.156. The highest BCUT2D eigenvalue weighted by Crippen LogP contribution is 2.12. The van der Waals surface area contributed by atoms with Gasteiger partial charge in [0.15, 0.2) is 0 Å². The van der Waals surface area contributed by atoms with Gasteiger partial charge < -0.3 is 15.2 Å². The number of esters is 1. The molecule has 0 aliphatic heterocycles. The number of carbonyl (C=O) groups excluding carboxylic acids is 1. The van der Waals surface area contributed by atoms with Crippen molar-refractivity contribution in [3.8, 4) is 6.01 Å². The Kier molecular flexibility index (Phi) is 3.84. The Morgan fingerprint density at radius 2 is 2.20 bits per heavy atom. The summed E-state index contributed by atoms with van der Waals surface area (Å²) in [5, 5.41) is 0. The summed E-state index contributed by atoms with van der Waals surface area (Å²) in [7, 11) is 0. The van der Waals surface area contributed by atoms with Crippen LogP contribution >= 0.6 is 0 Å². The van der Waals surface area contributed by atoms with Crippen molar-refractivity contribution in [3.05, 3.63) is 11.8 Å². The molecule has 0 unspecified atom stereocenters. The van der Waals surface area contributed by atoms with Crippen LogP contribution in [0.5, 0.6) is 6.01 Å². The fraction of sp³-hybridized carbons (Fsp3) is 0.444. The van der Waals surface area contributed by atoms with Crippen LogP contribution in [0, 0.1) is 0 Å². The molecule has 6 nitrogen and oxygen atoms in total. The Balaban J connectivity index is 2.87. The first-order valence-electron chi connectivity index (χ1n) is 4.61. The molecular weight excluding hydrogens is 198 g/mol. The maximum Gasteiger partial charge on any atom is 0.343 e. The van der Waals surface area contributed by atoms with E-state index >= 15 is 0 Å². The minimum atomic E-state index is -0.530. The molecule has 1 heterocycles. The molecule has 0 radical (unpaired) electrons. The molecule has 2 N–H and O–H groups in total. The van der Waals surface area contributed by atoms with Gasteiger partial charge in [-0.25, -0.2) is 9.78 Å². The van der Waals surface area contributed by atoms with E-state index in [4.69, 9.17) is 15.2 Å². The van der Waals surface area contributed by atoms with Crippen molar-refractivity contribution in [1.82, 2.24) is 9.97 Å². The van der Waals surface area contributed by atoms with Crippen LogP contribution in [0.3, 0.4) is 0 Å². The number of carbonyl (C=O) groups is 1.